The first-order chi connectivity index (χ1) is 10.0. The van der Waals surface area contributed by atoms with Crippen molar-refractivity contribution in [2.75, 3.05) is 11.9 Å². The molecule has 1 aromatic heterocycles. The van der Waals surface area contributed by atoms with Crippen molar-refractivity contribution < 1.29 is 14.7 Å². The van der Waals surface area contributed by atoms with E-state index in [1.54, 1.807) is 17.4 Å². The first kappa shape index (κ1) is 15.5. The molecule has 0 saturated carbocycles. The summed E-state index contributed by atoms with van der Waals surface area (Å²) < 4.78 is 0.594. The van der Waals surface area contributed by atoms with Gasteiger partial charge in [0.25, 0.3) is 0 Å². The van der Waals surface area contributed by atoms with Gasteiger partial charge in [0.05, 0.1) is 5.56 Å². The minimum Gasteiger partial charge on any atom is -0.478 e. The number of nitrogens with one attached hydrogen (secondary N) is 2. The summed E-state index contributed by atoms with van der Waals surface area (Å²) in [6.45, 7) is 0.520. The van der Waals surface area contributed by atoms with Crippen LogP contribution in [0.5, 0.6) is 0 Å². The zero-order valence-corrected chi connectivity index (χ0v) is 13.3. The highest BCUT2D eigenvalue weighted by Gasteiger charge is 2.08. The van der Waals surface area contributed by atoms with Gasteiger partial charge in [0.15, 0.2) is 0 Å². The van der Waals surface area contributed by atoms with Crippen LogP contribution in [-0.2, 0) is 6.42 Å². The molecular formula is C14H13BrN2O3S. The summed E-state index contributed by atoms with van der Waals surface area (Å²) in [6.07, 6.45) is 0.768. The van der Waals surface area contributed by atoms with E-state index in [0.29, 0.717) is 16.7 Å². The Morgan fingerprint density at radius 1 is 1.29 bits per heavy atom. The van der Waals surface area contributed by atoms with Gasteiger partial charge in [0, 0.05) is 21.6 Å². The second-order valence-corrected chi connectivity index (χ2v) is 6.19. The number of benzene rings is 1. The highest BCUT2D eigenvalue weighted by molar-refractivity contribution is 9.10. The number of carboxylic acids is 1. The monoisotopic (exact) mass is 368 g/mol. The predicted molar refractivity (Wildman–Crippen MR) is 86.1 cm³/mol. The van der Waals surface area contributed by atoms with Crippen LogP contribution in [0.25, 0.3) is 0 Å². The van der Waals surface area contributed by atoms with Crippen molar-refractivity contribution in [2.45, 2.75) is 6.42 Å². The van der Waals surface area contributed by atoms with E-state index < -0.39 is 5.97 Å². The molecule has 0 atom stereocenters. The number of halogens is 1. The average Bonchev–Trinajstić information content (AvgIpc) is 2.91. The van der Waals surface area contributed by atoms with Crippen LogP contribution in [0.4, 0.5) is 10.5 Å². The maximum atomic E-state index is 11.8. The Morgan fingerprint density at radius 3 is 2.76 bits per heavy atom. The molecule has 21 heavy (non-hydrogen) atoms. The summed E-state index contributed by atoms with van der Waals surface area (Å²) >= 11 is 4.86. The molecule has 1 aromatic carbocycles. The Kier molecular flexibility index (Phi) is 5.35. The van der Waals surface area contributed by atoms with Gasteiger partial charge in [0.1, 0.15) is 0 Å². The Labute approximate surface area is 134 Å². The summed E-state index contributed by atoms with van der Waals surface area (Å²) in [7, 11) is 0. The molecule has 0 fully saturated rings. The smallest absolute Gasteiger partial charge is 0.335 e. The minimum absolute atomic E-state index is 0.110. The van der Waals surface area contributed by atoms with Crippen molar-refractivity contribution in [2.24, 2.45) is 0 Å². The Balaban J connectivity index is 1.88. The van der Waals surface area contributed by atoms with E-state index in [4.69, 9.17) is 5.11 Å². The molecule has 3 N–H and O–H groups in total. The van der Waals surface area contributed by atoms with Gasteiger partial charge < -0.3 is 15.7 Å². The van der Waals surface area contributed by atoms with E-state index in [2.05, 4.69) is 26.6 Å². The number of carbonyl (C=O) groups excluding carboxylic acids is 1. The second-order valence-electron chi connectivity index (χ2n) is 4.24. The molecule has 0 aliphatic heterocycles. The van der Waals surface area contributed by atoms with Crippen LogP contribution in [0, 0.1) is 0 Å². The number of anilines is 1. The van der Waals surface area contributed by atoms with Gasteiger partial charge in [-0.05, 0) is 36.1 Å². The number of urea groups is 1. The molecule has 0 spiro atoms. The molecular weight excluding hydrogens is 356 g/mol. The molecule has 5 nitrogen and oxygen atoms in total. The van der Waals surface area contributed by atoms with Crippen molar-refractivity contribution >= 4 is 45.0 Å². The lowest BCUT2D eigenvalue weighted by molar-refractivity contribution is 0.0697. The Hall–Kier alpha value is -1.86. The van der Waals surface area contributed by atoms with E-state index in [0.717, 1.165) is 6.42 Å². The number of aromatic carboxylic acids is 1. The third-order valence-electron chi connectivity index (χ3n) is 2.64. The van der Waals surface area contributed by atoms with Crippen LogP contribution in [0.3, 0.4) is 0 Å². The van der Waals surface area contributed by atoms with E-state index in [-0.39, 0.29) is 11.6 Å². The molecule has 2 rings (SSSR count). The summed E-state index contributed by atoms with van der Waals surface area (Å²) in [4.78, 5) is 23.9. The van der Waals surface area contributed by atoms with Crippen molar-refractivity contribution in [1.29, 1.82) is 0 Å². The number of carbonyl (C=O) groups is 2. The van der Waals surface area contributed by atoms with E-state index in [1.807, 2.05) is 17.5 Å². The zero-order valence-electron chi connectivity index (χ0n) is 10.9. The number of thiophene rings is 1. The van der Waals surface area contributed by atoms with Gasteiger partial charge >= 0.3 is 12.0 Å². The van der Waals surface area contributed by atoms with Crippen molar-refractivity contribution in [3.05, 3.63) is 50.6 Å². The fourth-order valence-electron chi connectivity index (χ4n) is 1.71. The van der Waals surface area contributed by atoms with Crippen LogP contribution >= 0.6 is 27.3 Å². The average molecular weight is 369 g/mol. The van der Waals surface area contributed by atoms with E-state index in [1.165, 1.54) is 17.0 Å². The van der Waals surface area contributed by atoms with E-state index in [9.17, 15) is 9.59 Å². The molecule has 0 unspecified atom stereocenters. The van der Waals surface area contributed by atoms with Crippen LogP contribution < -0.4 is 10.6 Å². The Bertz CT molecular complexity index is 644. The first-order valence-corrected chi connectivity index (χ1v) is 7.83. The fourth-order valence-corrected chi connectivity index (χ4v) is 2.92. The van der Waals surface area contributed by atoms with Gasteiger partial charge in [0.2, 0.25) is 0 Å². The SMILES string of the molecule is O=C(NCCc1cccs1)Nc1cc(Br)cc(C(=O)O)c1. The lowest BCUT2D eigenvalue weighted by atomic mass is 10.2. The third-order valence-corrected chi connectivity index (χ3v) is 4.03. The van der Waals surface area contributed by atoms with Gasteiger partial charge in [-0.2, -0.15) is 0 Å². The maximum absolute atomic E-state index is 11.8. The minimum atomic E-state index is -1.04. The number of rotatable bonds is 5. The zero-order chi connectivity index (χ0) is 15.2. The standard InChI is InChI=1S/C14H13BrN2O3S/c15-10-6-9(13(18)19)7-11(8-10)17-14(20)16-4-3-12-2-1-5-21-12/h1-2,5-8H,3-4H2,(H,18,19)(H2,16,17,20). The third kappa shape index (κ3) is 4.87. The predicted octanol–water partition coefficient (Wildman–Crippen LogP) is 3.57. The van der Waals surface area contributed by atoms with Gasteiger partial charge in [-0.3, -0.25) is 0 Å². The molecule has 0 saturated heterocycles. The van der Waals surface area contributed by atoms with Gasteiger partial charge in [-0.1, -0.05) is 22.0 Å². The normalized spacial score (nSPS) is 10.1. The topological polar surface area (TPSA) is 78.4 Å². The number of carboxylic acid groups (broad SMARTS) is 1. The highest BCUT2D eigenvalue weighted by Crippen LogP contribution is 2.19. The second kappa shape index (κ2) is 7.24. The largest absolute Gasteiger partial charge is 0.478 e. The molecule has 110 valence electrons. The van der Waals surface area contributed by atoms with Gasteiger partial charge in [-0.25, -0.2) is 9.59 Å². The lowest BCUT2D eigenvalue weighted by Crippen LogP contribution is -2.30. The Morgan fingerprint density at radius 2 is 2.10 bits per heavy atom. The number of amides is 2. The molecule has 7 heteroatoms. The summed E-state index contributed by atoms with van der Waals surface area (Å²) in [6, 6.07) is 8.15. The van der Waals surface area contributed by atoms with Crippen molar-refractivity contribution in [1.82, 2.24) is 5.32 Å². The molecule has 1 heterocycles. The fraction of sp³-hybridized carbons (Fsp3) is 0.143. The quantitative estimate of drug-likeness (QED) is 0.754. The molecule has 2 aromatic rings. The van der Waals surface area contributed by atoms with Gasteiger partial charge in [-0.15, -0.1) is 11.3 Å². The van der Waals surface area contributed by atoms with Crippen LogP contribution in [0.1, 0.15) is 15.2 Å². The number of hydrogen-bond acceptors (Lipinski definition) is 3. The van der Waals surface area contributed by atoms with Crippen LogP contribution in [0.2, 0.25) is 0 Å². The highest BCUT2D eigenvalue weighted by atomic mass is 79.9. The lowest BCUT2D eigenvalue weighted by Gasteiger charge is -2.08. The van der Waals surface area contributed by atoms with E-state index >= 15 is 0 Å². The molecule has 0 radical (unpaired) electrons. The molecule has 0 aliphatic rings. The molecule has 2 amide bonds. The van der Waals surface area contributed by atoms with Crippen LogP contribution in [0.15, 0.2) is 40.2 Å². The summed E-state index contributed by atoms with van der Waals surface area (Å²) in [5, 5.41) is 16.3. The van der Waals surface area contributed by atoms with Crippen molar-refractivity contribution in [3.63, 3.8) is 0 Å². The maximum Gasteiger partial charge on any atom is 0.335 e. The summed E-state index contributed by atoms with van der Waals surface area (Å²) in [5.41, 5.74) is 0.536. The number of hydrogen-bond donors (Lipinski definition) is 3. The first-order valence-electron chi connectivity index (χ1n) is 6.16. The molecule has 0 bridgehead atoms. The summed E-state index contributed by atoms with van der Waals surface area (Å²) in [5.74, 6) is -1.04. The molecule has 0 aliphatic carbocycles. The van der Waals surface area contributed by atoms with Crippen molar-refractivity contribution in [3.8, 4) is 0 Å². The van der Waals surface area contributed by atoms with Crippen LogP contribution in [-0.4, -0.2) is 23.7 Å².